The maximum atomic E-state index is 14.0. The van der Waals surface area contributed by atoms with Crippen LogP contribution in [0.3, 0.4) is 0 Å². The maximum absolute atomic E-state index is 14.0. The van der Waals surface area contributed by atoms with Crippen molar-refractivity contribution >= 4 is 51.4 Å². The number of methoxy groups -OCH3 is 1. The van der Waals surface area contributed by atoms with Crippen LogP contribution >= 0.6 is 35.3 Å². The van der Waals surface area contributed by atoms with Crippen LogP contribution in [0.1, 0.15) is 45.2 Å². The van der Waals surface area contributed by atoms with Gasteiger partial charge in [0, 0.05) is 30.5 Å². The molecular formula is C29H36FIN6O5S. The van der Waals surface area contributed by atoms with E-state index in [0.29, 0.717) is 32.1 Å². The van der Waals surface area contributed by atoms with Gasteiger partial charge < -0.3 is 15.2 Å². The molecule has 0 aliphatic rings. The molecule has 0 spiro atoms. The number of benzene rings is 1. The SMILES string of the molecule is COc1ccc(F)cc1CCn1c(=O)n(C(C)(C)C(=O)NC(C)C)c(=O)c2c(C)c(-n3cccn3)sc21.I.N#CCCO. The van der Waals surface area contributed by atoms with E-state index < -0.39 is 28.5 Å². The molecule has 4 aromatic rings. The monoisotopic (exact) mass is 726 g/mol. The Morgan fingerprint density at radius 3 is 2.53 bits per heavy atom. The molecule has 0 bridgehead atoms. The summed E-state index contributed by atoms with van der Waals surface area (Å²) in [4.78, 5) is 41.3. The first kappa shape index (κ1) is 35.6. The summed E-state index contributed by atoms with van der Waals surface area (Å²) in [7, 11) is 1.50. The number of thiophene rings is 1. The number of amides is 1. The van der Waals surface area contributed by atoms with Crippen molar-refractivity contribution in [1.29, 1.82) is 5.26 Å². The van der Waals surface area contributed by atoms with Crippen LogP contribution in [-0.4, -0.2) is 49.7 Å². The maximum Gasteiger partial charge on any atom is 0.333 e. The van der Waals surface area contributed by atoms with E-state index in [1.54, 1.807) is 50.0 Å². The molecule has 14 heteroatoms. The smallest absolute Gasteiger partial charge is 0.333 e. The molecule has 1 aromatic carbocycles. The van der Waals surface area contributed by atoms with Gasteiger partial charge in [-0.05, 0) is 70.9 Å². The lowest BCUT2D eigenvalue weighted by Gasteiger charge is -2.27. The number of halogens is 2. The number of aliphatic hydroxyl groups is 1. The third-order valence-corrected chi connectivity index (χ3v) is 7.81. The van der Waals surface area contributed by atoms with Crippen molar-refractivity contribution in [3.8, 4) is 16.8 Å². The van der Waals surface area contributed by atoms with Crippen LogP contribution in [0.4, 0.5) is 4.39 Å². The lowest BCUT2D eigenvalue weighted by atomic mass is 10.0. The van der Waals surface area contributed by atoms with Crippen LogP contribution in [0.15, 0.2) is 46.2 Å². The van der Waals surface area contributed by atoms with E-state index in [-0.39, 0.29) is 56.0 Å². The number of ether oxygens (including phenoxy) is 1. The number of fused-ring (bicyclic) bond motifs is 1. The highest BCUT2D eigenvalue weighted by Crippen LogP contribution is 2.31. The van der Waals surface area contributed by atoms with Crippen molar-refractivity contribution in [2.24, 2.45) is 0 Å². The number of rotatable bonds is 9. The summed E-state index contributed by atoms with van der Waals surface area (Å²) in [5.74, 6) is -0.368. The van der Waals surface area contributed by atoms with E-state index in [0.717, 1.165) is 4.57 Å². The summed E-state index contributed by atoms with van der Waals surface area (Å²) in [5.41, 5.74) is -1.40. The first-order valence-electron chi connectivity index (χ1n) is 13.3. The highest BCUT2D eigenvalue weighted by Gasteiger charge is 2.35. The molecule has 11 nitrogen and oxygen atoms in total. The quantitative estimate of drug-likeness (QED) is 0.249. The number of nitrogens with one attached hydrogen (secondary N) is 1. The molecule has 0 aliphatic carbocycles. The molecule has 0 fully saturated rings. The second kappa shape index (κ2) is 15.3. The first-order chi connectivity index (χ1) is 19.9. The molecule has 43 heavy (non-hydrogen) atoms. The van der Waals surface area contributed by atoms with Gasteiger partial charge in [0.2, 0.25) is 5.91 Å². The predicted octanol–water partition coefficient (Wildman–Crippen LogP) is 3.88. The van der Waals surface area contributed by atoms with Gasteiger partial charge in [-0.25, -0.2) is 18.4 Å². The highest BCUT2D eigenvalue weighted by molar-refractivity contribution is 14.0. The minimum Gasteiger partial charge on any atom is -0.496 e. The van der Waals surface area contributed by atoms with Crippen molar-refractivity contribution in [1.82, 2.24) is 24.2 Å². The lowest BCUT2D eigenvalue weighted by Crippen LogP contribution is -2.56. The molecule has 0 aliphatic heterocycles. The fourth-order valence-electron chi connectivity index (χ4n) is 4.40. The minimum atomic E-state index is -1.47. The molecule has 0 radical (unpaired) electrons. The first-order valence-corrected chi connectivity index (χ1v) is 14.1. The number of aliphatic hydroxyl groups excluding tert-OH is 1. The van der Waals surface area contributed by atoms with Gasteiger partial charge in [0.25, 0.3) is 5.56 Å². The number of nitrogens with zero attached hydrogens (tertiary/aromatic N) is 5. The Hall–Kier alpha value is -3.55. The van der Waals surface area contributed by atoms with Crippen LogP contribution in [0, 0.1) is 24.1 Å². The number of nitriles is 1. The number of aromatic nitrogens is 4. The van der Waals surface area contributed by atoms with Gasteiger partial charge in [-0.3, -0.25) is 14.2 Å². The normalized spacial score (nSPS) is 11.0. The standard InChI is InChI=1S/C26H30FN5O4S.C3H5NO.HI/c1-15(2)29-24(34)26(4,5)32-21(33)20-16(3)22(31-12-7-11-28-31)37-23(20)30(25(32)35)13-10-17-14-18(27)8-9-19(17)36-6;4-2-1-3-5;/h7-9,11-12,14-15H,10,13H2,1-6H3,(H,29,34);5H,1,3H2;1H. The zero-order valence-corrected chi connectivity index (χ0v) is 28.0. The third kappa shape index (κ3) is 7.70. The van der Waals surface area contributed by atoms with Gasteiger partial charge in [-0.1, -0.05) is 11.3 Å². The summed E-state index contributed by atoms with van der Waals surface area (Å²) in [6.07, 6.45) is 3.90. The van der Waals surface area contributed by atoms with Gasteiger partial charge in [0.05, 0.1) is 31.6 Å². The fourth-order valence-corrected chi connectivity index (χ4v) is 5.66. The molecule has 3 heterocycles. The van der Waals surface area contributed by atoms with Gasteiger partial charge in [0.15, 0.2) is 0 Å². The number of carbonyl (C=O) groups is 1. The Morgan fingerprint density at radius 2 is 2.00 bits per heavy atom. The predicted molar refractivity (Wildman–Crippen MR) is 174 cm³/mol. The second-order valence-electron chi connectivity index (χ2n) is 10.3. The molecule has 2 N–H and O–H groups in total. The van der Waals surface area contributed by atoms with E-state index >= 15 is 0 Å². The van der Waals surface area contributed by atoms with Crippen molar-refractivity contribution < 1.29 is 19.0 Å². The average molecular weight is 727 g/mol. The number of carbonyl (C=O) groups excluding carboxylic acids is 1. The third-order valence-electron chi connectivity index (χ3n) is 6.51. The zero-order valence-electron chi connectivity index (χ0n) is 24.9. The van der Waals surface area contributed by atoms with Crippen LogP contribution in [-0.2, 0) is 23.3 Å². The molecule has 0 unspecified atom stereocenters. The minimum absolute atomic E-state index is 0. The van der Waals surface area contributed by atoms with Gasteiger partial charge in [0.1, 0.15) is 26.9 Å². The molecule has 0 atom stereocenters. The summed E-state index contributed by atoms with van der Waals surface area (Å²) in [5, 5.41) is 23.6. The van der Waals surface area contributed by atoms with E-state index in [1.165, 1.54) is 41.2 Å². The summed E-state index contributed by atoms with van der Waals surface area (Å²) >= 11 is 1.27. The highest BCUT2D eigenvalue weighted by atomic mass is 127. The Balaban J connectivity index is 0.000000993. The Kier molecular flexibility index (Phi) is 12.6. The number of hydrogen-bond donors (Lipinski definition) is 2. The van der Waals surface area contributed by atoms with Crippen molar-refractivity contribution in [2.45, 2.75) is 65.6 Å². The van der Waals surface area contributed by atoms with E-state index in [4.69, 9.17) is 15.1 Å². The average Bonchev–Trinajstić information content (AvgIpc) is 3.57. The summed E-state index contributed by atoms with van der Waals surface area (Å²) in [6.45, 7) is 8.64. The zero-order chi connectivity index (χ0) is 31.2. The van der Waals surface area contributed by atoms with Gasteiger partial charge >= 0.3 is 5.69 Å². The Morgan fingerprint density at radius 1 is 1.30 bits per heavy atom. The number of aryl methyl sites for hydroxylation is 3. The van der Waals surface area contributed by atoms with E-state index in [2.05, 4.69) is 10.4 Å². The van der Waals surface area contributed by atoms with Gasteiger partial charge in [-0.15, -0.1) is 24.0 Å². The van der Waals surface area contributed by atoms with Crippen LogP contribution in [0.2, 0.25) is 0 Å². The number of hydrogen-bond acceptors (Lipinski definition) is 8. The molecule has 232 valence electrons. The van der Waals surface area contributed by atoms with Crippen LogP contribution in [0.5, 0.6) is 5.75 Å². The molecule has 1 amide bonds. The van der Waals surface area contributed by atoms with Crippen molar-refractivity contribution in [2.75, 3.05) is 13.7 Å². The Labute approximate surface area is 269 Å². The fraction of sp³-hybridized carbons (Fsp3) is 0.414. The van der Waals surface area contributed by atoms with E-state index in [9.17, 15) is 18.8 Å². The molecule has 0 saturated heterocycles. The molecule has 0 saturated carbocycles. The summed E-state index contributed by atoms with van der Waals surface area (Å²) < 4.78 is 23.5. The Bertz CT molecular complexity index is 1720. The van der Waals surface area contributed by atoms with E-state index in [1.807, 2.05) is 13.8 Å². The lowest BCUT2D eigenvalue weighted by molar-refractivity contribution is -0.129. The topological polar surface area (TPSA) is 144 Å². The molecule has 4 rings (SSSR count). The largest absolute Gasteiger partial charge is 0.496 e. The van der Waals surface area contributed by atoms with Crippen molar-refractivity contribution in [3.05, 3.63) is 74.4 Å². The summed E-state index contributed by atoms with van der Waals surface area (Å²) in [6, 6.07) is 7.57. The van der Waals surface area contributed by atoms with Gasteiger partial charge in [-0.2, -0.15) is 10.4 Å². The molecule has 3 aromatic heterocycles. The van der Waals surface area contributed by atoms with Crippen LogP contribution in [0.25, 0.3) is 15.2 Å². The second-order valence-corrected chi connectivity index (χ2v) is 11.2. The van der Waals surface area contributed by atoms with Crippen LogP contribution < -0.4 is 21.3 Å². The van der Waals surface area contributed by atoms with Crippen molar-refractivity contribution in [3.63, 3.8) is 0 Å². The molecular weight excluding hydrogens is 690 g/mol.